The summed E-state index contributed by atoms with van der Waals surface area (Å²) in [5, 5.41) is 7.82. The van der Waals surface area contributed by atoms with Gasteiger partial charge in [-0.05, 0) is 24.6 Å². The van der Waals surface area contributed by atoms with Crippen LogP contribution in [-0.2, 0) is 6.54 Å². The highest BCUT2D eigenvalue weighted by Gasteiger charge is 2.03. The van der Waals surface area contributed by atoms with E-state index >= 15 is 0 Å². The Morgan fingerprint density at radius 3 is 2.79 bits per heavy atom. The van der Waals surface area contributed by atoms with E-state index in [1.165, 1.54) is 11.3 Å². The van der Waals surface area contributed by atoms with Gasteiger partial charge in [-0.2, -0.15) is 0 Å². The van der Waals surface area contributed by atoms with Crippen molar-refractivity contribution in [2.45, 2.75) is 13.5 Å². The molecule has 0 atom stereocenters. The highest BCUT2D eigenvalue weighted by atomic mass is 32.1. The Morgan fingerprint density at radius 1 is 1.37 bits per heavy atom. The average molecular weight is 277 g/mol. The monoisotopic (exact) mass is 277 g/mol. The lowest BCUT2D eigenvalue weighted by atomic mass is 10.2. The highest BCUT2D eigenvalue weighted by molar-refractivity contribution is 7.13. The van der Waals surface area contributed by atoms with Crippen molar-refractivity contribution in [2.24, 2.45) is 0 Å². The maximum Gasteiger partial charge on any atom is 0.321 e. The summed E-state index contributed by atoms with van der Waals surface area (Å²) in [5.74, 6) is 0.832. The molecule has 2 amide bonds. The average Bonchev–Trinajstić information content (AvgIpc) is 2.91. The molecule has 1 aromatic heterocycles. The molecule has 0 aliphatic carbocycles. The zero-order chi connectivity index (χ0) is 13.5. The molecule has 0 saturated carbocycles. The Labute approximate surface area is 115 Å². The minimum absolute atomic E-state index is 0.260. The van der Waals surface area contributed by atoms with Crippen molar-refractivity contribution in [1.82, 2.24) is 10.3 Å². The zero-order valence-corrected chi connectivity index (χ0v) is 11.4. The molecule has 0 spiro atoms. The van der Waals surface area contributed by atoms with Gasteiger partial charge in [-0.25, -0.2) is 9.78 Å². The molecule has 0 aliphatic heterocycles. The Bertz CT molecular complexity index is 511. The first-order chi connectivity index (χ1) is 9.28. The number of carbonyl (C=O) groups is 1. The summed E-state index contributed by atoms with van der Waals surface area (Å²) in [6.45, 7) is 3.05. The highest BCUT2D eigenvalue weighted by Crippen LogP contribution is 2.12. The molecule has 2 aromatic rings. The summed E-state index contributed by atoms with van der Waals surface area (Å²) in [6.07, 6.45) is 1.65. The van der Waals surface area contributed by atoms with Gasteiger partial charge in [0.15, 0.2) is 5.13 Å². The number of aromatic nitrogens is 1. The molecule has 2 rings (SSSR count). The van der Waals surface area contributed by atoms with Crippen LogP contribution in [0.3, 0.4) is 0 Å². The van der Waals surface area contributed by atoms with E-state index in [1.54, 1.807) is 6.20 Å². The first-order valence-electron chi connectivity index (χ1n) is 5.94. The minimum atomic E-state index is -0.260. The van der Waals surface area contributed by atoms with Gasteiger partial charge in [-0.3, -0.25) is 5.32 Å². The van der Waals surface area contributed by atoms with E-state index < -0.39 is 0 Å². The van der Waals surface area contributed by atoms with Crippen LogP contribution in [0.2, 0.25) is 0 Å². The van der Waals surface area contributed by atoms with Crippen LogP contribution in [0.25, 0.3) is 0 Å². The quantitative estimate of drug-likeness (QED) is 0.883. The van der Waals surface area contributed by atoms with Crippen LogP contribution < -0.4 is 15.4 Å². The number of benzene rings is 1. The summed E-state index contributed by atoms with van der Waals surface area (Å²) < 4.78 is 5.35. The number of ether oxygens (including phenoxy) is 1. The molecule has 1 aromatic carbocycles. The maximum atomic E-state index is 11.6. The van der Waals surface area contributed by atoms with Crippen molar-refractivity contribution >= 4 is 22.5 Å². The number of nitrogens with zero attached hydrogens (tertiary/aromatic N) is 1. The molecule has 1 heterocycles. The minimum Gasteiger partial charge on any atom is -0.494 e. The van der Waals surface area contributed by atoms with E-state index in [9.17, 15) is 4.79 Å². The maximum absolute atomic E-state index is 11.6. The Kier molecular flexibility index (Phi) is 4.74. The van der Waals surface area contributed by atoms with Crippen LogP contribution in [0.4, 0.5) is 9.93 Å². The van der Waals surface area contributed by atoms with Gasteiger partial charge in [0.2, 0.25) is 0 Å². The van der Waals surface area contributed by atoms with E-state index in [-0.39, 0.29) is 6.03 Å². The molecule has 19 heavy (non-hydrogen) atoms. The Hall–Kier alpha value is -2.08. The molecule has 6 heteroatoms. The lowest BCUT2D eigenvalue weighted by Gasteiger charge is -2.07. The fourth-order valence-electron chi connectivity index (χ4n) is 1.48. The first-order valence-corrected chi connectivity index (χ1v) is 6.82. The molecular formula is C13H15N3O2S. The summed E-state index contributed by atoms with van der Waals surface area (Å²) >= 11 is 1.38. The van der Waals surface area contributed by atoms with E-state index in [0.717, 1.165) is 11.3 Å². The fraction of sp³-hybridized carbons (Fsp3) is 0.231. The van der Waals surface area contributed by atoms with Gasteiger partial charge in [0, 0.05) is 18.1 Å². The van der Waals surface area contributed by atoms with Gasteiger partial charge < -0.3 is 10.1 Å². The largest absolute Gasteiger partial charge is 0.494 e. The molecule has 100 valence electrons. The number of thiazole rings is 1. The van der Waals surface area contributed by atoms with Crippen LogP contribution in [0.15, 0.2) is 35.8 Å². The predicted octanol–water partition coefficient (Wildman–Crippen LogP) is 2.86. The molecule has 2 N–H and O–H groups in total. The van der Waals surface area contributed by atoms with Gasteiger partial charge in [0.1, 0.15) is 5.75 Å². The topological polar surface area (TPSA) is 63.2 Å². The van der Waals surface area contributed by atoms with E-state index in [0.29, 0.717) is 18.3 Å². The SMILES string of the molecule is CCOc1ccc(CNC(=O)Nc2nccs2)cc1. The molecule has 0 unspecified atom stereocenters. The third-order valence-electron chi connectivity index (χ3n) is 2.34. The third kappa shape index (κ3) is 4.26. The Balaban J connectivity index is 1.79. The molecule has 5 nitrogen and oxygen atoms in total. The third-order valence-corrected chi connectivity index (χ3v) is 3.03. The zero-order valence-electron chi connectivity index (χ0n) is 10.6. The number of nitrogens with one attached hydrogen (secondary N) is 2. The number of hydrogen-bond donors (Lipinski definition) is 2. The standard InChI is InChI=1S/C13H15N3O2S/c1-2-18-11-5-3-10(4-6-11)9-15-12(17)16-13-14-7-8-19-13/h3-8H,2,9H2,1H3,(H2,14,15,16,17). The van der Waals surface area contributed by atoms with Gasteiger partial charge in [0.25, 0.3) is 0 Å². The van der Waals surface area contributed by atoms with Gasteiger partial charge in [-0.1, -0.05) is 12.1 Å². The second-order valence-electron chi connectivity index (χ2n) is 3.72. The predicted molar refractivity (Wildman–Crippen MR) is 75.6 cm³/mol. The lowest BCUT2D eigenvalue weighted by Crippen LogP contribution is -2.28. The number of hydrogen-bond acceptors (Lipinski definition) is 4. The van der Waals surface area contributed by atoms with Crippen LogP contribution >= 0.6 is 11.3 Å². The normalized spacial score (nSPS) is 9.95. The summed E-state index contributed by atoms with van der Waals surface area (Å²) in [6, 6.07) is 7.37. The van der Waals surface area contributed by atoms with Crippen LogP contribution in [0, 0.1) is 0 Å². The molecule has 0 radical (unpaired) electrons. The van der Waals surface area contributed by atoms with Crippen LogP contribution in [-0.4, -0.2) is 17.6 Å². The van der Waals surface area contributed by atoms with Crippen LogP contribution in [0.5, 0.6) is 5.75 Å². The second-order valence-corrected chi connectivity index (χ2v) is 4.62. The number of carbonyl (C=O) groups excluding carboxylic acids is 1. The number of amides is 2. The van der Waals surface area contributed by atoms with Crippen molar-refractivity contribution in [1.29, 1.82) is 0 Å². The summed E-state index contributed by atoms with van der Waals surface area (Å²) in [4.78, 5) is 15.5. The molecule has 0 bridgehead atoms. The summed E-state index contributed by atoms with van der Waals surface area (Å²) in [5.41, 5.74) is 1.01. The summed E-state index contributed by atoms with van der Waals surface area (Å²) in [7, 11) is 0. The number of urea groups is 1. The molecule has 0 fully saturated rings. The first kappa shape index (κ1) is 13.4. The van der Waals surface area contributed by atoms with Gasteiger partial charge in [-0.15, -0.1) is 11.3 Å². The number of anilines is 1. The van der Waals surface area contributed by atoms with Crippen molar-refractivity contribution in [2.75, 3.05) is 11.9 Å². The molecular weight excluding hydrogens is 262 g/mol. The van der Waals surface area contributed by atoms with Crippen molar-refractivity contribution < 1.29 is 9.53 Å². The lowest BCUT2D eigenvalue weighted by molar-refractivity contribution is 0.251. The van der Waals surface area contributed by atoms with Crippen molar-refractivity contribution in [3.63, 3.8) is 0 Å². The number of rotatable bonds is 5. The van der Waals surface area contributed by atoms with E-state index in [4.69, 9.17) is 4.74 Å². The molecule has 0 saturated heterocycles. The smallest absolute Gasteiger partial charge is 0.321 e. The van der Waals surface area contributed by atoms with Crippen molar-refractivity contribution in [3.05, 3.63) is 41.4 Å². The van der Waals surface area contributed by atoms with Crippen molar-refractivity contribution in [3.8, 4) is 5.75 Å². The van der Waals surface area contributed by atoms with Gasteiger partial charge in [0.05, 0.1) is 6.61 Å². The van der Waals surface area contributed by atoms with E-state index in [2.05, 4.69) is 15.6 Å². The molecule has 0 aliphatic rings. The van der Waals surface area contributed by atoms with E-state index in [1.807, 2.05) is 36.6 Å². The van der Waals surface area contributed by atoms with Crippen LogP contribution in [0.1, 0.15) is 12.5 Å². The second kappa shape index (κ2) is 6.75. The Morgan fingerprint density at radius 2 is 2.16 bits per heavy atom. The van der Waals surface area contributed by atoms with Gasteiger partial charge >= 0.3 is 6.03 Å². The fourth-order valence-corrected chi connectivity index (χ4v) is 2.00.